The molecule has 1 heterocycles. The number of nitrogens with one attached hydrogen (secondary N) is 1. The smallest absolute Gasteiger partial charge is 0.258 e. The molecule has 1 aromatic carbocycles. The monoisotopic (exact) mass is 264 g/mol. The quantitative estimate of drug-likeness (QED) is 0.742. The second-order valence-electron chi connectivity index (χ2n) is 3.34. The number of carbonyl (C=O) groups excluding carboxylic acids is 1. The first-order chi connectivity index (χ1) is 8.54. The number of carbonyl (C=O) groups is 1. The molecule has 0 saturated carbocycles. The third-order valence-electron chi connectivity index (χ3n) is 1.98. The van der Waals surface area contributed by atoms with Gasteiger partial charge in [0.25, 0.3) is 5.91 Å². The summed E-state index contributed by atoms with van der Waals surface area (Å²) >= 11 is 5.78. The van der Waals surface area contributed by atoms with Crippen LogP contribution in [-0.2, 0) is 0 Å². The molecule has 5 N–H and O–H groups in total. The lowest BCUT2D eigenvalue weighted by Crippen LogP contribution is -2.16. The normalized spacial score (nSPS) is 10.1. The minimum Gasteiger partial charge on any atom is -0.368 e. The lowest BCUT2D eigenvalue weighted by Gasteiger charge is -2.04. The average Bonchev–Trinajstić information content (AvgIpc) is 2.27. The van der Waals surface area contributed by atoms with Gasteiger partial charge in [-0.15, -0.1) is 0 Å². The van der Waals surface area contributed by atoms with E-state index < -0.39 is 5.91 Å². The van der Waals surface area contributed by atoms with Crippen molar-refractivity contribution in [2.24, 2.45) is 0 Å². The van der Waals surface area contributed by atoms with Crippen LogP contribution < -0.4 is 16.8 Å². The Hall–Kier alpha value is -2.41. The molecular formula is C10H9ClN6O. The predicted molar refractivity (Wildman–Crippen MR) is 68.1 cm³/mol. The van der Waals surface area contributed by atoms with Crippen molar-refractivity contribution < 1.29 is 4.79 Å². The zero-order valence-electron chi connectivity index (χ0n) is 9.09. The molecule has 0 aliphatic heterocycles. The van der Waals surface area contributed by atoms with Crippen molar-refractivity contribution in [3.8, 4) is 0 Å². The van der Waals surface area contributed by atoms with Crippen LogP contribution in [0.5, 0.6) is 0 Å². The number of amides is 1. The van der Waals surface area contributed by atoms with Crippen LogP contribution in [0.1, 0.15) is 10.4 Å². The molecule has 1 aromatic heterocycles. The summed E-state index contributed by atoms with van der Waals surface area (Å²) in [4.78, 5) is 22.9. The number of hydrogen-bond acceptors (Lipinski definition) is 6. The number of rotatable bonds is 2. The lowest BCUT2D eigenvalue weighted by atomic mass is 10.2. The Balaban J connectivity index is 2.21. The van der Waals surface area contributed by atoms with E-state index in [9.17, 15) is 4.79 Å². The molecule has 7 nitrogen and oxygen atoms in total. The lowest BCUT2D eigenvalue weighted by molar-refractivity contribution is 0.102. The molecule has 8 heteroatoms. The van der Waals surface area contributed by atoms with Crippen molar-refractivity contribution in [2.75, 3.05) is 16.8 Å². The van der Waals surface area contributed by atoms with Crippen molar-refractivity contribution in [2.45, 2.75) is 0 Å². The van der Waals surface area contributed by atoms with Crippen LogP contribution in [-0.4, -0.2) is 20.9 Å². The van der Waals surface area contributed by atoms with Gasteiger partial charge < -0.3 is 11.5 Å². The van der Waals surface area contributed by atoms with Gasteiger partial charge in [0.2, 0.25) is 17.8 Å². The summed E-state index contributed by atoms with van der Waals surface area (Å²) in [5, 5.41) is 2.90. The van der Waals surface area contributed by atoms with E-state index in [0.717, 1.165) is 0 Å². The average molecular weight is 265 g/mol. The van der Waals surface area contributed by atoms with Crippen LogP contribution in [0.4, 0.5) is 17.8 Å². The number of nitrogens with two attached hydrogens (primary N) is 2. The van der Waals surface area contributed by atoms with Crippen molar-refractivity contribution in [1.29, 1.82) is 0 Å². The Labute approximate surface area is 107 Å². The zero-order chi connectivity index (χ0) is 13.1. The maximum absolute atomic E-state index is 11.8. The second-order valence-corrected chi connectivity index (χ2v) is 3.78. The highest BCUT2D eigenvalue weighted by molar-refractivity contribution is 6.31. The molecule has 18 heavy (non-hydrogen) atoms. The number of nitrogens with zero attached hydrogens (tertiary/aromatic N) is 3. The first kappa shape index (κ1) is 12.1. The van der Waals surface area contributed by atoms with E-state index in [4.69, 9.17) is 23.1 Å². The fraction of sp³-hybridized carbons (Fsp3) is 0. The Morgan fingerprint density at radius 3 is 2.44 bits per heavy atom. The highest BCUT2D eigenvalue weighted by atomic mass is 35.5. The van der Waals surface area contributed by atoms with Gasteiger partial charge in [0.05, 0.1) is 0 Å². The Morgan fingerprint density at radius 1 is 1.17 bits per heavy atom. The molecule has 0 aliphatic carbocycles. The summed E-state index contributed by atoms with van der Waals surface area (Å²) in [7, 11) is 0. The molecule has 2 rings (SSSR count). The highest BCUT2D eigenvalue weighted by Gasteiger charge is 2.09. The SMILES string of the molecule is Nc1nc(N)nc(NC(=O)c2cccc(Cl)c2)n1. The van der Waals surface area contributed by atoms with Gasteiger partial charge in [0, 0.05) is 10.6 Å². The molecule has 2 aromatic rings. The van der Waals surface area contributed by atoms with Crippen molar-refractivity contribution >= 4 is 35.4 Å². The van der Waals surface area contributed by atoms with Gasteiger partial charge in [-0.2, -0.15) is 15.0 Å². The van der Waals surface area contributed by atoms with Crippen LogP contribution in [0, 0.1) is 0 Å². The highest BCUT2D eigenvalue weighted by Crippen LogP contribution is 2.12. The van der Waals surface area contributed by atoms with Crippen LogP contribution >= 0.6 is 11.6 Å². The molecule has 0 aliphatic rings. The van der Waals surface area contributed by atoms with Crippen LogP contribution in [0.25, 0.3) is 0 Å². The van der Waals surface area contributed by atoms with Crippen LogP contribution in [0.15, 0.2) is 24.3 Å². The molecule has 92 valence electrons. The maximum atomic E-state index is 11.8. The topological polar surface area (TPSA) is 120 Å². The van der Waals surface area contributed by atoms with Crippen LogP contribution in [0.3, 0.4) is 0 Å². The summed E-state index contributed by atoms with van der Waals surface area (Å²) in [5.74, 6) is -0.555. The number of anilines is 3. The Morgan fingerprint density at radius 2 is 1.83 bits per heavy atom. The standard InChI is InChI=1S/C10H9ClN6O/c11-6-3-1-2-5(4-6)7(18)14-10-16-8(12)15-9(13)17-10/h1-4H,(H5,12,13,14,15,16,17,18). The first-order valence-electron chi connectivity index (χ1n) is 4.88. The largest absolute Gasteiger partial charge is 0.368 e. The number of nitrogen functional groups attached to an aromatic ring is 2. The number of halogens is 1. The molecule has 0 atom stereocenters. The summed E-state index contributed by atoms with van der Waals surface area (Å²) in [6.45, 7) is 0. The summed E-state index contributed by atoms with van der Waals surface area (Å²) < 4.78 is 0. The van der Waals surface area contributed by atoms with E-state index in [0.29, 0.717) is 10.6 Å². The summed E-state index contributed by atoms with van der Waals surface area (Å²) in [6.07, 6.45) is 0. The Bertz CT molecular complexity index is 582. The molecule has 1 amide bonds. The Kier molecular flexibility index (Phi) is 3.24. The molecule has 0 spiro atoms. The van der Waals surface area contributed by atoms with Gasteiger partial charge in [-0.1, -0.05) is 17.7 Å². The van der Waals surface area contributed by atoms with Gasteiger partial charge in [-0.05, 0) is 18.2 Å². The molecule has 0 radical (unpaired) electrons. The number of benzene rings is 1. The molecule has 0 saturated heterocycles. The van der Waals surface area contributed by atoms with E-state index in [2.05, 4.69) is 20.3 Å². The van der Waals surface area contributed by atoms with Gasteiger partial charge in [0.1, 0.15) is 0 Å². The van der Waals surface area contributed by atoms with E-state index in [-0.39, 0.29) is 17.8 Å². The first-order valence-corrected chi connectivity index (χ1v) is 5.26. The van der Waals surface area contributed by atoms with Gasteiger partial charge in [0.15, 0.2) is 0 Å². The third-order valence-corrected chi connectivity index (χ3v) is 2.22. The fourth-order valence-electron chi connectivity index (χ4n) is 1.27. The number of aromatic nitrogens is 3. The van der Waals surface area contributed by atoms with Gasteiger partial charge >= 0.3 is 0 Å². The third kappa shape index (κ3) is 2.83. The molecule has 0 bridgehead atoms. The van der Waals surface area contributed by atoms with E-state index in [1.54, 1.807) is 18.2 Å². The van der Waals surface area contributed by atoms with Crippen LogP contribution in [0.2, 0.25) is 5.02 Å². The van der Waals surface area contributed by atoms with Crippen molar-refractivity contribution in [1.82, 2.24) is 15.0 Å². The van der Waals surface area contributed by atoms with Crippen molar-refractivity contribution in [3.63, 3.8) is 0 Å². The predicted octanol–water partition coefficient (Wildman–Crippen LogP) is 0.942. The maximum Gasteiger partial charge on any atom is 0.258 e. The molecule has 0 unspecified atom stereocenters. The van der Waals surface area contributed by atoms with E-state index >= 15 is 0 Å². The minimum atomic E-state index is -0.414. The van der Waals surface area contributed by atoms with Crippen molar-refractivity contribution in [3.05, 3.63) is 34.9 Å². The summed E-state index contributed by atoms with van der Waals surface area (Å²) in [6, 6.07) is 6.45. The number of hydrogen-bond donors (Lipinski definition) is 3. The fourth-order valence-corrected chi connectivity index (χ4v) is 1.46. The van der Waals surface area contributed by atoms with E-state index in [1.807, 2.05) is 0 Å². The molecular weight excluding hydrogens is 256 g/mol. The van der Waals surface area contributed by atoms with Gasteiger partial charge in [-0.25, -0.2) is 0 Å². The van der Waals surface area contributed by atoms with E-state index in [1.165, 1.54) is 6.07 Å². The second kappa shape index (κ2) is 4.84. The summed E-state index contributed by atoms with van der Waals surface area (Å²) in [5.41, 5.74) is 11.1. The minimum absolute atomic E-state index is 0.00928. The zero-order valence-corrected chi connectivity index (χ0v) is 9.85. The molecule has 0 fully saturated rings. The van der Waals surface area contributed by atoms with Gasteiger partial charge in [-0.3, -0.25) is 10.1 Å².